The molecule has 2 amide bonds. The number of nitrogens with one attached hydrogen (secondary N) is 2. The fourth-order valence-corrected chi connectivity index (χ4v) is 3.34. The number of fused-ring (bicyclic) bond motifs is 1. The molecule has 1 aliphatic rings. The SMILES string of the molecule is O=C(C[C@H]1NC(=O)c2ccccc21)NCCc1nc(C(=O)O)cs1. The van der Waals surface area contributed by atoms with E-state index >= 15 is 0 Å². The first-order valence-electron chi connectivity index (χ1n) is 7.39. The lowest BCUT2D eigenvalue weighted by Gasteiger charge is -2.11. The van der Waals surface area contributed by atoms with Crippen molar-refractivity contribution in [2.45, 2.75) is 18.9 Å². The average Bonchev–Trinajstić information content (AvgIpc) is 3.14. The van der Waals surface area contributed by atoms with Crippen LogP contribution in [0, 0.1) is 0 Å². The fourth-order valence-electron chi connectivity index (χ4n) is 2.57. The summed E-state index contributed by atoms with van der Waals surface area (Å²) in [6.45, 7) is 0.369. The zero-order chi connectivity index (χ0) is 17.1. The van der Waals surface area contributed by atoms with Gasteiger partial charge in [0, 0.05) is 23.9 Å². The van der Waals surface area contributed by atoms with Gasteiger partial charge in [-0.2, -0.15) is 0 Å². The molecule has 1 aromatic heterocycles. The molecule has 3 N–H and O–H groups in total. The molecule has 7 nitrogen and oxygen atoms in total. The minimum absolute atomic E-state index is 0.0200. The highest BCUT2D eigenvalue weighted by molar-refractivity contribution is 7.09. The van der Waals surface area contributed by atoms with E-state index in [-0.39, 0.29) is 30.0 Å². The van der Waals surface area contributed by atoms with Crippen LogP contribution in [0.5, 0.6) is 0 Å². The third-order valence-electron chi connectivity index (χ3n) is 3.71. The summed E-state index contributed by atoms with van der Waals surface area (Å²) >= 11 is 1.25. The Balaban J connectivity index is 1.50. The van der Waals surface area contributed by atoms with Crippen molar-refractivity contribution in [2.75, 3.05) is 6.54 Å². The Kier molecular flexibility index (Phi) is 4.57. The predicted octanol–water partition coefficient (Wildman–Crippen LogP) is 1.37. The molecule has 0 saturated heterocycles. The van der Waals surface area contributed by atoms with Gasteiger partial charge >= 0.3 is 5.97 Å². The van der Waals surface area contributed by atoms with Crippen molar-refractivity contribution in [2.24, 2.45) is 0 Å². The number of thiazole rings is 1. The maximum absolute atomic E-state index is 12.0. The maximum Gasteiger partial charge on any atom is 0.355 e. The number of carbonyl (C=O) groups excluding carboxylic acids is 2. The van der Waals surface area contributed by atoms with Gasteiger partial charge in [0.2, 0.25) is 5.91 Å². The van der Waals surface area contributed by atoms with Crippen LogP contribution in [0.3, 0.4) is 0 Å². The summed E-state index contributed by atoms with van der Waals surface area (Å²) in [4.78, 5) is 38.6. The molecular weight excluding hydrogens is 330 g/mol. The number of benzene rings is 1. The molecule has 0 saturated carbocycles. The second-order valence-corrected chi connectivity index (χ2v) is 6.29. The Labute approximate surface area is 141 Å². The summed E-state index contributed by atoms with van der Waals surface area (Å²) in [5.41, 5.74) is 1.47. The second-order valence-electron chi connectivity index (χ2n) is 5.35. The van der Waals surface area contributed by atoms with E-state index in [9.17, 15) is 14.4 Å². The van der Waals surface area contributed by atoms with E-state index in [2.05, 4.69) is 15.6 Å². The molecule has 124 valence electrons. The summed E-state index contributed by atoms with van der Waals surface area (Å²) in [5.74, 6) is -1.39. The summed E-state index contributed by atoms with van der Waals surface area (Å²) in [6.07, 6.45) is 0.637. The zero-order valence-electron chi connectivity index (χ0n) is 12.6. The van der Waals surface area contributed by atoms with Crippen LogP contribution in [0.2, 0.25) is 0 Å². The molecule has 0 spiro atoms. The molecule has 2 heterocycles. The Morgan fingerprint density at radius 3 is 2.88 bits per heavy atom. The number of carboxylic acids is 1. The normalized spacial score (nSPS) is 15.7. The first-order valence-corrected chi connectivity index (χ1v) is 8.26. The largest absolute Gasteiger partial charge is 0.476 e. The van der Waals surface area contributed by atoms with Crippen molar-refractivity contribution in [3.8, 4) is 0 Å². The Morgan fingerprint density at radius 2 is 2.12 bits per heavy atom. The highest BCUT2D eigenvalue weighted by Gasteiger charge is 2.29. The Bertz CT molecular complexity index is 802. The van der Waals surface area contributed by atoms with Crippen LogP contribution in [-0.2, 0) is 11.2 Å². The van der Waals surface area contributed by atoms with Crippen molar-refractivity contribution in [1.82, 2.24) is 15.6 Å². The summed E-state index contributed by atoms with van der Waals surface area (Å²) < 4.78 is 0. The average molecular weight is 345 g/mol. The first-order chi connectivity index (χ1) is 11.5. The van der Waals surface area contributed by atoms with Crippen LogP contribution in [0.15, 0.2) is 29.6 Å². The van der Waals surface area contributed by atoms with Gasteiger partial charge in [0.1, 0.15) is 0 Å². The van der Waals surface area contributed by atoms with Crippen molar-refractivity contribution in [3.63, 3.8) is 0 Å². The van der Waals surface area contributed by atoms with Gasteiger partial charge in [-0.15, -0.1) is 11.3 Å². The molecule has 0 radical (unpaired) electrons. The van der Waals surface area contributed by atoms with Crippen molar-refractivity contribution in [3.05, 3.63) is 51.5 Å². The zero-order valence-corrected chi connectivity index (χ0v) is 13.4. The molecule has 24 heavy (non-hydrogen) atoms. The van der Waals surface area contributed by atoms with Crippen LogP contribution < -0.4 is 10.6 Å². The fraction of sp³-hybridized carbons (Fsp3) is 0.250. The lowest BCUT2D eigenvalue weighted by molar-refractivity contribution is -0.121. The van der Waals surface area contributed by atoms with Gasteiger partial charge < -0.3 is 15.7 Å². The highest BCUT2D eigenvalue weighted by Crippen LogP contribution is 2.27. The van der Waals surface area contributed by atoms with E-state index in [0.717, 1.165) is 5.56 Å². The highest BCUT2D eigenvalue weighted by atomic mass is 32.1. The lowest BCUT2D eigenvalue weighted by Crippen LogP contribution is -2.30. The molecule has 1 atom stereocenters. The minimum atomic E-state index is -1.06. The molecular formula is C16H15N3O4S. The number of carbonyl (C=O) groups is 3. The Morgan fingerprint density at radius 1 is 1.33 bits per heavy atom. The molecule has 0 aliphatic carbocycles. The van der Waals surface area contributed by atoms with Gasteiger partial charge in [0.05, 0.1) is 17.5 Å². The summed E-state index contributed by atoms with van der Waals surface area (Å²) in [6, 6.07) is 6.90. The number of amides is 2. The van der Waals surface area contributed by atoms with E-state index in [1.807, 2.05) is 12.1 Å². The quantitative estimate of drug-likeness (QED) is 0.733. The van der Waals surface area contributed by atoms with Crippen molar-refractivity contribution >= 4 is 29.1 Å². The maximum atomic E-state index is 12.0. The van der Waals surface area contributed by atoms with E-state index in [1.165, 1.54) is 16.7 Å². The number of rotatable bonds is 6. The number of carboxylic acid groups (broad SMARTS) is 1. The molecule has 1 aliphatic heterocycles. The minimum Gasteiger partial charge on any atom is -0.476 e. The van der Waals surface area contributed by atoms with Gasteiger partial charge in [0.25, 0.3) is 5.91 Å². The second kappa shape index (κ2) is 6.79. The van der Waals surface area contributed by atoms with Crippen molar-refractivity contribution in [1.29, 1.82) is 0 Å². The van der Waals surface area contributed by atoms with E-state index in [0.29, 0.717) is 23.5 Å². The van der Waals surface area contributed by atoms with Gasteiger partial charge in [-0.25, -0.2) is 9.78 Å². The van der Waals surface area contributed by atoms with Crippen LogP contribution >= 0.6 is 11.3 Å². The third kappa shape index (κ3) is 3.43. The third-order valence-corrected chi connectivity index (χ3v) is 4.62. The molecule has 2 aromatic rings. The predicted molar refractivity (Wildman–Crippen MR) is 87.1 cm³/mol. The topological polar surface area (TPSA) is 108 Å². The number of aromatic nitrogens is 1. The van der Waals surface area contributed by atoms with Crippen LogP contribution in [0.25, 0.3) is 0 Å². The molecule has 8 heteroatoms. The van der Waals surface area contributed by atoms with Gasteiger partial charge in [-0.3, -0.25) is 9.59 Å². The van der Waals surface area contributed by atoms with Gasteiger partial charge in [-0.1, -0.05) is 18.2 Å². The van der Waals surface area contributed by atoms with E-state index in [1.54, 1.807) is 12.1 Å². The monoisotopic (exact) mass is 345 g/mol. The smallest absolute Gasteiger partial charge is 0.355 e. The molecule has 0 fully saturated rings. The summed E-state index contributed by atoms with van der Waals surface area (Å²) in [5, 5.41) is 16.5. The van der Waals surface area contributed by atoms with Gasteiger partial charge in [-0.05, 0) is 11.6 Å². The van der Waals surface area contributed by atoms with Crippen LogP contribution in [0.4, 0.5) is 0 Å². The van der Waals surface area contributed by atoms with Crippen LogP contribution in [-0.4, -0.2) is 34.4 Å². The number of hydrogen-bond acceptors (Lipinski definition) is 5. The van der Waals surface area contributed by atoms with E-state index < -0.39 is 5.97 Å². The number of nitrogens with zero attached hydrogens (tertiary/aromatic N) is 1. The van der Waals surface area contributed by atoms with Crippen LogP contribution in [0.1, 0.15) is 43.9 Å². The molecule has 0 bridgehead atoms. The van der Waals surface area contributed by atoms with Crippen molar-refractivity contribution < 1.29 is 19.5 Å². The molecule has 0 unspecified atom stereocenters. The Hall–Kier alpha value is -2.74. The first kappa shape index (κ1) is 16.1. The summed E-state index contributed by atoms with van der Waals surface area (Å²) in [7, 11) is 0. The van der Waals surface area contributed by atoms with Gasteiger partial charge in [0.15, 0.2) is 5.69 Å². The van der Waals surface area contributed by atoms with E-state index in [4.69, 9.17) is 5.11 Å². The standard InChI is InChI=1S/C16H15N3O4S/c20-13(17-6-5-14-18-12(8-24-14)16(22)23)7-11-9-3-1-2-4-10(9)15(21)19-11/h1-4,8,11H,5-7H2,(H,17,20)(H,19,21)(H,22,23)/t11-/m1/s1. The number of aromatic carboxylic acids is 1. The molecule has 1 aromatic carbocycles. The number of hydrogen-bond donors (Lipinski definition) is 3. The lowest BCUT2D eigenvalue weighted by atomic mass is 10.0. The molecule has 3 rings (SSSR count).